The SMILES string of the molecule is CCN(CCS(N)(=O)=O)c1ccc(N)c(C)c1. The van der Waals surface area contributed by atoms with Crippen LogP contribution >= 0.6 is 0 Å². The minimum atomic E-state index is -3.42. The molecule has 0 heterocycles. The summed E-state index contributed by atoms with van der Waals surface area (Å²) in [7, 11) is -3.42. The molecule has 0 fully saturated rings. The van der Waals surface area contributed by atoms with Crippen LogP contribution in [0, 0.1) is 6.92 Å². The Morgan fingerprint density at radius 3 is 2.47 bits per heavy atom. The van der Waals surface area contributed by atoms with E-state index in [0.717, 1.165) is 23.5 Å². The Kier molecular flexibility index (Phi) is 4.36. The van der Waals surface area contributed by atoms with Crippen molar-refractivity contribution in [1.82, 2.24) is 0 Å². The van der Waals surface area contributed by atoms with Gasteiger partial charge in [0.25, 0.3) is 0 Å². The van der Waals surface area contributed by atoms with Crippen LogP contribution in [0.3, 0.4) is 0 Å². The molecule has 1 aromatic carbocycles. The van der Waals surface area contributed by atoms with Crippen molar-refractivity contribution in [3.8, 4) is 0 Å². The quantitative estimate of drug-likeness (QED) is 0.760. The number of anilines is 2. The third-order valence-corrected chi connectivity index (χ3v) is 3.40. The number of nitrogen functional groups attached to an aromatic ring is 1. The molecule has 0 radical (unpaired) electrons. The van der Waals surface area contributed by atoms with Crippen molar-refractivity contribution in [3.05, 3.63) is 23.8 Å². The molecule has 0 aromatic heterocycles. The summed E-state index contributed by atoms with van der Waals surface area (Å²) in [5.74, 6) is -0.0513. The molecule has 0 spiro atoms. The highest BCUT2D eigenvalue weighted by Gasteiger charge is 2.09. The second kappa shape index (κ2) is 5.37. The van der Waals surface area contributed by atoms with Crippen LogP contribution in [0.25, 0.3) is 0 Å². The Bertz CT molecular complexity index is 485. The molecule has 4 N–H and O–H groups in total. The fraction of sp³-hybridized carbons (Fsp3) is 0.455. The van der Waals surface area contributed by atoms with Crippen LogP contribution in [-0.4, -0.2) is 27.3 Å². The molecule has 1 aromatic rings. The number of hydrogen-bond donors (Lipinski definition) is 2. The first-order valence-electron chi connectivity index (χ1n) is 5.45. The summed E-state index contributed by atoms with van der Waals surface area (Å²) in [6.45, 7) is 5.00. The van der Waals surface area contributed by atoms with Crippen LogP contribution in [0.1, 0.15) is 12.5 Å². The molecule has 0 unspecified atom stereocenters. The van der Waals surface area contributed by atoms with Crippen molar-refractivity contribution in [2.24, 2.45) is 5.14 Å². The molecular weight excluding hydrogens is 238 g/mol. The van der Waals surface area contributed by atoms with Gasteiger partial charge in [0.2, 0.25) is 10.0 Å². The largest absolute Gasteiger partial charge is 0.399 e. The first-order chi connectivity index (χ1) is 7.83. The predicted octanol–water partition coefficient (Wildman–Crippen LogP) is 0.692. The van der Waals surface area contributed by atoms with Gasteiger partial charge in [-0.3, -0.25) is 0 Å². The van der Waals surface area contributed by atoms with E-state index in [1.54, 1.807) is 0 Å². The molecule has 0 saturated carbocycles. The van der Waals surface area contributed by atoms with E-state index < -0.39 is 10.0 Å². The summed E-state index contributed by atoms with van der Waals surface area (Å²) in [6.07, 6.45) is 0. The third kappa shape index (κ3) is 4.24. The normalized spacial score (nSPS) is 11.5. The van der Waals surface area contributed by atoms with Gasteiger partial charge < -0.3 is 10.6 Å². The van der Waals surface area contributed by atoms with E-state index in [1.165, 1.54) is 0 Å². The van der Waals surface area contributed by atoms with Crippen LogP contribution in [-0.2, 0) is 10.0 Å². The average molecular weight is 257 g/mol. The molecule has 1 rings (SSSR count). The lowest BCUT2D eigenvalue weighted by molar-refractivity contribution is 0.596. The van der Waals surface area contributed by atoms with Crippen LogP contribution in [0.2, 0.25) is 0 Å². The summed E-state index contributed by atoms with van der Waals surface area (Å²) < 4.78 is 21.9. The van der Waals surface area contributed by atoms with Crippen LogP contribution in [0.5, 0.6) is 0 Å². The molecule has 0 atom stereocenters. The second-order valence-electron chi connectivity index (χ2n) is 3.99. The highest BCUT2D eigenvalue weighted by Crippen LogP contribution is 2.20. The van der Waals surface area contributed by atoms with Crippen molar-refractivity contribution in [3.63, 3.8) is 0 Å². The van der Waals surface area contributed by atoms with Crippen LogP contribution < -0.4 is 15.8 Å². The van der Waals surface area contributed by atoms with Crippen molar-refractivity contribution in [2.45, 2.75) is 13.8 Å². The number of rotatable bonds is 5. The number of sulfonamides is 1. The average Bonchev–Trinajstić information content (AvgIpc) is 2.22. The zero-order valence-electron chi connectivity index (χ0n) is 10.2. The van der Waals surface area contributed by atoms with Crippen molar-refractivity contribution in [2.75, 3.05) is 29.5 Å². The monoisotopic (exact) mass is 257 g/mol. The first-order valence-corrected chi connectivity index (χ1v) is 7.16. The lowest BCUT2D eigenvalue weighted by Gasteiger charge is -2.23. The minimum Gasteiger partial charge on any atom is -0.399 e. The maximum Gasteiger partial charge on any atom is 0.210 e. The van der Waals surface area contributed by atoms with Gasteiger partial charge in [-0.2, -0.15) is 0 Å². The van der Waals surface area contributed by atoms with E-state index in [1.807, 2.05) is 36.9 Å². The Morgan fingerprint density at radius 2 is 2.00 bits per heavy atom. The Balaban J connectivity index is 2.83. The fourth-order valence-corrected chi connectivity index (χ4v) is 2.04. The third-order valence-electron chi connectivity index (χ3n) is 2.65. The standard InChI is InChI=1S/C11H19N3O2S/c1-3-14(6-7-17(13,15)16)10-4-5-11(12)9(2)8-10/h4-5,8H,3,6-7,12H2,1-2H3,(H2,13,15,16). The van der Waals surface area contributed by atoms with E-state index in [0.29, 0.717) is 6.54 Å². The zero-order valence-corrected chi connectivity index (χ0v) is 11.0. The van der Waals surface area contributed by atoms with Crippen LogP contribution in [0.4, 0.5) is 11.4 Å². The lowest BCUT2D eigenvalue weighted by atomic mass is 10.1. The van der Waals surface area contributed by atoms with Crippen molar-refractivity contribution < 1.29 is 8.42 Å². The fourth-order valence-electron chi connectivity index (χ4n) is 1.56. The van der Waals surface area contributed by atoms with E-state index in [-0.39, 0.29) is 5.75 Å². The number of benzene rings is 1. The Labute approximate surface area is 102 Å². The summed E-state index contributed by atoms with van der Waals surface area (Å²) in [5, 5.41) is 5.00. The topological polar surface area (TPSA) is 89.4 Å². The summed E-state index contributed by atoms with van der Waals surface area (Å²) in [6, 6.07) is 5.65. The maximum atomic E-state index is 10.9. The van der Waals surface area contributed by atoms with Gasteiger partial charge in [-0.15, -0.1) is 0 Å². The van der Waals surface area contributed by atoms with Gasteiger partial charge in [-0.25, -0.2) is 13.6 Å². The van der Waals surface area contributed by atoms with Gasteiger partial charge in [0.05, 0.1) is 5.75 Å². The maximum absolute atomic E-state index is 10.9. The first kappa shape index (κ1) is 13.8. The number of nitrogens with zero attached hydrogens (tertiary/aromatic N) is 1. The molecule has 5 nitrogen and oxygen atoms in total. The van der Waals surface area contributed by atoms with Gasteiger partial charge in [0.1, 0.15) is 0 Å². The molecule has 0 amide bonds. The van der Waals surface area contributed by atoms with Crippen LogP contribution in [0.15, 0.2) is 18.2 Å². The smallest absolute Gasteiger partial charge is 0.210 e. The summed E-state index contributed by atoms with van der Waals surface area (Å²) in [4.78, 5) is 1.96. The highest BCUT2D eigenvalue weighted by atomic mass is 32.2. The predicted molar refractivity (Wildman–Crippen MR) is 71.5 cm³/mol. The highest BCUT2D eigenvalue weighted by molar-refractivity contribution is 7.89. The minimum absolute atomic E-state index is 0.0513. The Morgan fingerprint density at radius 1 is 1.35 bits per heavy atom. The van der Waals surface area contributed by atoms with Crippen molar-refractivity contribution in [1.29, 1.82) is 0 Å². The van der Waals surface area contributed by atoms with E-state index >= 15 is 0 Å². The van der Waals surface area contributed by atoms with E-state index in [9.17, 15) is 8.42 Å². The lowest BCUT2D eigenvalue weighted by Crippen LogP contribution is -2.31. The molecule has 0 bridgehead atoms. The summed E-state index contributed by atoms with van der Waals surface area (Å²) in [5.41, 5.74) is 8.42. The summed E-state index contributed by atoms with van der Waals surface area (Å²) >= 11 is 0. The van der Waals surface area contributed by atoms with E-state index in [4.69, 9.17) is 10.9 Å². The molecule has 17 heavy (non-hydrogen) atoms. The molecule has 0 aliphatic rings. The van der Waals surface area contributed by atoms with Gasteiger partial charge >= 0.3 is 0 Å². The number of aryl methyl sites for hydroxylation is 1. The van der Waals surface area contributed by atoms with Gasteiger partial charge in [-0.1, -0.05) is 0 Å². The molecule has 0 aliphatic heterocycles. The number of primary sulfonamides is 1. The molecule has 0 aliphatic carbocycles. The number of nitrogens with two attached hydrogens (primary N) is 2. The van der Waals surface area contributed by atoms with Gasteiger partial charge in [-0.05, 0) is 37.6 Å². The number of hydrogen-bond acceptors (Lipinski definition) is 4. The Hall–Kier alpha value is -1.27. The van der Waals surface area contributed by atoms with E-state index in [2.05, 4.69) is 0 Å². The van der Waals surface area contributed by atoms with Gasteiger partial charge in [0.15, 0.2) is 0 Å². The molecule has 6 heteroatoms. The second-order valence-corrected chi connectivity index (χ2v) is 5.72. The molecular formula is C11H19N3O2S. The van der Waals surface area contributed by atoms with Crippen molar-refractivity contribution >= 4 is 21.4 Å². The zero-order chi connectivity index (χ0) is 13.1. The van der Waals surface area contributed by atoms with Gasteiger partial charge in [0, 0.05) is 24.5 Å². The molecule has 0 saturated heterocycles. The molecule has 96 valence electrons.